The zero-order valence-corrected chi connectivity index (χ0v) is 17.9. The van der Waals surface area contributed by atoms with E-state index >= 15 is 0 Å². The number of fused-ring (bicyclic) bond motifs is 1. The second kappa shape index (κ2) is 10.1. The van der Waals surface area contributed by atoms with Crippen molar-refractivity contribution >= 4 is 34.6 Å². The van der Waals surface area contributed by atoms with Crippen molar-refractivity contribution in [2.75, 3.05) is 6.54 Å². The van der Waals surface area contributed by atoms with Crippen molar-refractivity contribution in [3.8, 4) is 0 Å². The summed E-state index contributed by atoms with van der Waals surface area (Å²) in [5.41, 5.74) is 4.13. The Morgan fingerprint density at radius 3 is 2.55 bits per heavy atom. The SMILES string of the molecule is O=C(/C=C/c1ccccc1)NCCCc1nc2ccccc2n1Cc1ccccc1Cl. The second-order valence-electron chi connectivity index (χ2n) is 7.33. The first-order chi connectivity index (χ1) is 15.2. The minimum atomic E-state index is -0.0894. The number of nitrogens with zero attached hydrogens (tertiary/aromatic N) is 2. The predicted molar refractivity (Wildman–Crippen MR) is 127 cm³/mol. The maximum absolute atomic E-state index is 12.1. The quantitative estimate of drug-likeness (QED) is 0.297. The van der Waals surface area contributed by atoms with Gasteiger partial charge in [-0.2, -0.15) is 0 Å². The number of aryl methyl sites for hydroxylation is 1. The summed E-state index contributed by atoms with van der Waals surface area (Å²) in [6.07, 6.45) is 4.96. The molecule has 1 amide bonds. The van der Waals surface area contributed by atoms with E-state index in [1.54, 1.807) is 6.08 Å². The Morgan fingerprint density at radius 1 is 0.968 bits per heavy atom. The van der Waals surface area contributed by atoms with Crippen LogP contribution >= 0.6 is 11.6 Å². The fraction of sp³-hybridized carbons (Fsp3) is 0.154. The number of carbonyl (C=O) groups is 1. The van der Waals surface area contributed by atoms with Crippen LogP contribution in [-0.4, -0.2) is 22.0 Å². The number of amides is 1. The number of imidazole rings is 1. The highest BCUT2D eigenvalue weighted by Crippen LogP contribution is 2.22. The van der Waals surface area contributed by atoms with Crippen molar-refractivity contribution in [3.05, 3.63) is 107 Å². The van der Waals surface area contributed by atoms with Gasteiger partial charge in [-0.3, -0.25) is 4.79 Å². The van der Waals surface area contributed by atoms with E-state index < -0.39 is 0 Å². The number of hydrogen-bond acceptors (Lipinski definition) is 2. The van der Waals surface area contributed by atoms with Crippen molar-refractivity contribution in [3.63, 3.8) is 0 Å². The molecule has 0 spiro atoms. The average Bonchev–Trinajstić information content (AvgIpc) is 3.15. The zero-order valence-electron chi connectivity index (χ0n) is 17.2. The van der Waals surface area contributed by atoms with Gasteiger partial charge >= 0.3 is 0 Å². The van der Waals surface area contributed by atoms with Gasteiger partial charge in [-0.05, 0) is 41.8 Å². The van der Waals surface area contributed by atoms with Gasteiger partial charge in [-0.15, -0.1) is 0 Å². The van der Waals surface area contributed by atoms with Crippen LogP contribution in [0.25, 0.3) is 17.1 Å². The largest absolute Gasteiger partial charge is 0.353 e. The van der Waals surface area contributed by atoms with Crippen LogP contribution in [0.5, 0.6) is 0 Å². The fourth-order valence-electron chi connectivity index (χ4n) is 3.54. The molecule has 5 heteroatoms. The normalized spacial score (nSPS) is 11.3. The summed E-state index contributed by atoms with van der Waals surface area (Å²) in [7, 11) is 0. The molecule has 3 aromatic carbocycles. The number of halogens is 1. The zero-order chi connectivity index (χ0) is 21.5. The van der Waals surface area contributed by atoms with Gasteiger partial charge in [0.25, 0.3) is 0 Å². The molecule has 0 aliphatic heterocycles. The molecule has 156 valence electrons. The Hall–Kier alpha value is -3.37. The molecule has 0 unspecified atom stereocenters. The number of para-hydroxylation sites is 2. The van der Waals surface area contributed by atoms with Crippen molar-refractivity contribution in [2.45, 2.75) is 19.4 Å². The van der Waals surface area contributed by atoms with Crippen LogP contribution in [0, 0.1) is 0 Å². The lowest BCUT2D eigenvalue weighted by atomic mass is 10.2. The molecule has 0 atom stereocenters. The van der Waals surface area contributed by atoms with Crippen molar-refractivity contribution < 1.29 is 4.79 Å². The second-order valence-corrected chi connectivity index (χ2v) is 7.74. The molecule has 0 bridgehead atoms. The Kier molecular flexibility index (Phi) is 6.80. The van der Waals surface area contributed by atoms with Gasteiger partial charge in [0, 0.05) is 24.1 Å². The van der Waals surface area contributed by atoms with Crippen LogP contribution < -0.4 is 5.32 Å². The monoisotopic (exact) mass is 429 g/mol. The summed E-state index contributed by atoms with van der Waals surface area (Å²) in [4.78, 5) is 16.9. The molecule has 0 radical (unpaired) electrons. The molecule has 1 N–H and O–H groups in total. The molecular formula is C26H24ClN3O. The molecule has 4 aromatic rings. The van der Waals surface area contributed by atoms with E-state index in [9.17, 15) is 4.79 Å². The number of benzene rings is 3. The minimum absolute atomic E-state index is 0.0894. The maximum Gasteiger partial charge on any atom is 0.243 e. The van der Waals surface area contributed by atoms with Crippen LogP contribution in [0.2, 0.25) is 5.02 Å². The van der Waals surface area contributed by atoms with Crippen LogP contribution in [0.4, 0.5) is 0 Å². The van der Waals surface area contributed by atoms with E-state index in [1.165, 1.54) is 0 Å². The summed E-state index contributed by atoms with van der Waals surface area (Å²) in [6, 6.07) is 25.8. The molecule has 4 nitrogen and oxygen atoms in total. The smallest absolute Gasteiger partial charge is 0.243 e. The average molecular weight is 430 g/mol. The first kappa shape index (κ1) is 20.9. The van der Waals surface area contributed by atoms with E-state index in [4.69, 9.17) is 16.6 Å². The lowest BCUT2D eigenvalue weighted by Gasteiger charge is -2.11. The number of aromatic nitrogens is 2. The Balaban J connectivity index is 1.40. The summed E-state index contributed by atoms with van der Waals surface area (Å²) < 4.78 is 2.22. The summed E-state index contributed by atoms with van der Waals surface area (Å²) in [5, 5.41) is 3.70. The van der Waals surface area contributed by atoms with Gasteiger partial charge in [0.1, 0.15) is 5.82 Å². The van der Waals surface area contributed by atoms with Crippen LogP contribution in [0.1, 0.15) is 23.4 Å². The van der Waals surface area contributed by atoms with Crippen LogP contribution in [-0.2, 0) is 17.8 Å². The Morgan fingerprint density at radius 2 is 1.71 bits per heavy atom. The first-order valence-electron chi connectivity index (χ1n) is 10.4. The van der Waals surface area contributed by atoms with Gasteiger partial charge in [-0.1, -0.05) is 72.3 Å². The number of nitrogens with one attached hydrogen (secondary N) is 1. The molecular weight excluding hydrogens is 406 g/mol. The van der Waals surface area contributed by atoms with Gasteiger partial charge in [0.15, 0.2) is 0 Å². The van der Waals surface area contributed by atoms with Crippen LogP contribution in [0.15, 0.2) is 84.9 Å². The van der Waals surface area contributed by atoms with E-state index in [0.29, 0.717) is 13.1 Å². The molecule has 0 saturated heterocycles. The summed E-state index contributed by atoms with van der Waals surface area (Å²) in [5.74, 6) is 0.906. The van der Waals surface area contributed by atoms with Crippen LogP contribution in [0.3, 0.4) is 0 Å². The molecule has 1 aromatic heterocycles. The number of hydrogen-bond donors (Lipinski definition) is 1. The third-order valence-electron chi connectivity index (χ3n) is 5.12. The Labute approximate surface area is 187 Å². The molecule has 1 heterocycles. The molecule has 0 aliphatic carbocycles. The fourth-order valence-corrected chi connectivity index (χ4v) is 3.74. The maximum atomic E-state index is 12.1. The van der Waals surface area contributed by atoms with E-state index in [2.05, 4.69) is 16.0 Å². The molecule has 4 rings (SSSR count). The number of rotatable bonds is 8. The van der Waals surface area contributed by atoms with Gasteiger partial charge < -0.3 is 9.88 Å². The van der Waals surface area contributed by atoms with Crippen molar-refractivity contribution in [1.82, 2.24) is 14.9 Å². The van der Waals surface area contributed by atoms with Gasteiger partial charge in [0.2, 0.25) is 5.91 Å². The third kappa shape index (κ3) is 5.41. The third-order valence-corrected chi connectivity index (χ3v) is 5.49. The molecule has 0 fully saturated rings. The van der Waals surface area contributed by atoms with E-state index in [1.807, 2.05) is 78.9 Å². The standard InChI is InChI=1S/C26H24ClN3O/c27-22-12-5-4-11-21(22)19-30-24-14-7-6-13-23(24)29-25(30)15-8-18-28-26(31)17-16-20-9-2-1-3-10-20/h1-7,9-14,16-17H,8,15,18-19H2,(H,28,31)/b17-16+. The Bertz CT molecular complexity index is 1200. The highest BCUT2D eigenvalue weighted by molar-refractivity contribution is 6.31. The molecule has 0 aliphatic rings. The van der Waals surface area contributed by atoms with E-state index in [0.717, 1.165) is 45.8 Å². The lowest BCUT2D eigenvalue weighted by molar-refractivity contribution is -0.116. The first-order valence-corrected chi connectivity index (χ1v) is 10.8. The van der Waals surface area contributed by atoms with Crippen molar-refractivity contribution in [2.24, 2.45) is 0 Å². The van der Waals surface area contributed by atoms with Gasteiger partial charge in [0.05, 0.1) is 17.6 Å². The summed E-state index contributed by atoms with van der Waals surface area (Å²) in [6.45, 7) is 1.26. The van der Waals surface area contributed by atoms with Gasteiger partial charge in [-0.25, -0.2) is 4.98 Å². The van der Waals surface area contributed by atoms with E-state index in [-0.39, 0.29) is 5.91 Å². The summed E-state index contributed by atoms with van der Waals surface area (Å²) >= 11 is 6.39. The minimum Gasteiger partial charge on any atom is -0.353 e. The highest BCUT2D eigenvalue weighted by Gasteiger charge is 2.12. The molecule has 0 saturated carbocycles. The number of carbonyl (C=O) groups excluding carboxylic acids is 1. The van der Waals surface area contributed by atoms with Crippen molar-refractivity contribution in [1.29, 1.82) is 0 Å². The molecule has 31 heavy (non-hydrogen) atoms. The lowest BCUT2D eigenvalue weighted by Crippen LogP contribution is -2.22. The topological polar surface area (TPSA) is 46.9 Å². The predicted octanol–water partition coefficient (Wildman–Crippen LogP) is 5.50. The highest BCUT2D eigenvalue weighted by atomic mass is 35.5.